The molecule has 4 nitrogen and oxygen atoms in total. The lowest BCUT2D eigenvalue weighted by molar-refractivity contribution is -0.141. The summed E-state index contributed by atoms with van der Waals surface area (Å²) < 4.78 is 38.9. The van der Waals surface area contributed by atoms with E-state index in [0.29, 0.717) is 12.1 Å². The predicted molar refractivity (Wildman–Crippen MR) is 49.5 cm³/mol. The van der Waals surface area contributed by atoms with Gasteiger partial charge in [-0.3, -0.25) is 4.79 Å². The van der Waals surface area contributed by atoms with Crippen LogP contribution in [0.5, 0.6) is 0 Å². The Balaban J connectivity index is 3.03. The first-order chi connectivity index (χ1) is 7.82. The van der Waals surface area contributed by atoms with E-state index in [9.17, 15) is 28.2 Å². The molecule has 0 heterocycles. The Morgan fingerprint density at radius 2 is 1.65 bits per heavy atom. The van der Waals surface area contributed by atoms with Crippen molar-refractivity contribution in [3.8, 4) is 0 Å². The number of rotatable bonds is 4. The highest BCUT2D eigenvalue weighted by Gasteiger charge is 2.27. The molecule has 3 N–H and O–H groups in total. The standard InChI is InChI=1S/C10H9F3O4/c11-4-1-5(12)9(6(13)2-4)10(17)7(14)3-8(15)16/h1-2,7,10,14,17H,3H2,(H,15,16). The van der Waals surface area contributed by atoms with Gasteiger partial charge < -0.3 is 15.3 Å². The molecule has 0 saturated carbocycles. The van der Waals surface area contributed by atoms with E-state index in [1.807, 2.05) is 0 Å². The van der Waals surface area contributed by atoms with Gasteiger partial charge in [-0.25, -0.2) is 13.2 Å². The first-order valence-electron chi connectivity index (χ1n) is 4.55. The average Bonchev–Trinajstić information content (AvgIpc) is 2.14. The molecule has 0 aromatic heterocycles. The van der Waals surface area contributed by atoms with E-state index < -0.39 is 47.6 Å². The molecule has 0 amide bonds. The predicted octanol–water partition coefficient (Wildman–Crippen LogP) is 0.973. The summed E-state index contributed by atoms with van der Waals surface area (Å²) in [5.41, 5.74) is -0.958. The van der Waals surface area contributed by atoms with E-state index >= 15 is 0 Å². The average molecular weight is 250 g/mol. The quantitative estimate of drug-likeness (QED) is 0.744. The number of hydrogen-bond donors (Lipinski definition) is 3. The zero-order chi connectivity index (χ0) is 13.2. The fraction of sp³-hybridized carbons (Fsp3) is 0.300. The highest BCUT2D eigenvalue weighted by Crippen LogP contribution is 2.25. The van der Waals surface area contributed by atoms with Crippen molar-refractivity contribution in [2.75, 3.05) is 0 Å². The minimum atomic E-state index is -2.08. The molecule has 0 aliphatic heterocycles. The highest BCUT2D eigenvalue weighted by molar-refractivity contribution is 5.67. The van der Waals surface area contributed by atoms with Crippen molar-refractivity contribution in [3.63, 3.8) is 0 Å². The maximum absolute atomic E-state index is 13.2. The van der Waals surface area contributed by atoms with Crippen LogP contribution in [0.3, 0.4) is 0 Å². The van der Waals surface area contributed by atoms with Crippen molar-refractivity contribution >= 4 is 5.97 Å². The lowest BCUT2D eigenvalue weighted by atomic mass is 10.0. The zero-order valence-corrected chi connectivity index (χ0v) is 8.40. The number of halogens is 3. The van der Waals surface area contributed by atoms with Crippen LogP contribution in [0.25, 0.3) is 0 Å². The van der Waals surface area contributed by atoms with Gasteiger partial charge in [0.05, 0.1) is 18.1 Å². The van der Waals surface area contributed by atoms with Crippen LogP contribution in [0.4, 0.5) is 13.2 Å². The molecule has 1 aromatic rings. The molecule has 2 atom stereocenters. The Labute approximate surface area is 93.9 Å². The number of hydrogen-bond acceptors (Lipinski definition) is 3. The van der Waals surface area contributed by atoms with Gasteiger partial charge in [-0.15, -0.1) is 0 Å². The van der Waals surface area contributed by atoms with E-state index in [4.69, 9.17) is 5.11 Å². The van der Waals surface area contributed by atoms with Crippen LogP contribution in [0.1, 0.15) is 18.1 Å². The Hall–Kier alpha value is -1.60. The SMILES string of the molecule is O=C(O)CC(O)C(O)c1c(F)cc(F)cc1F. The molecule has 0 bridgehead atoms. The molecule has 0 spiro atoms. The molecule has 94 valence electrons. The minimum absolute atomic E-state index is 0.328. The van der Waals surface area contributed by atoms with Crippen LogP contribution in [-0.4, -0.2) is 27.4 Å². The fourth-order valence-corrected chi connectivity index (χ4v) is 1.32. The van der Waals surface area contributed by atoms with Gasteiger partial charge in [0.2, 0.25) is 0 Å². The smallest absolute Gasteiger partial charge is 0.306 e. The Bertz CT molecular complexity index is 413. The summed E-state index contributed by atoms with van der Waals surface area (Å²) >= 11 is 0. The Morgan fingerprint density at radius 1 is 1.18 bits per heavy atom. The third kappa shape index (κ3) is 3.18. The van der Waals surface area contributed by atoms with Crippen LogP contribution in [0.2, 0.25) is 0 Å². The van der Waals surface area contributed by atoms with Crippen LogP contribution in [-0.2, 0) is 4.79 Å². The van der Waals surface area contributed by atoms with E-state index in [1.165, 1.54) is 0 Å². The van der Waals surface area contributed by atoms with Crippen molar-refractivity contribution < 1.29 is 33.3 Å². The van der Waals surface area contributed by atoms with Crippen LogP contribution in [0, 0.1) is 17.5 Å². The Kier molecular flexibility index (Phi) is 4.08. The molecule has 0 fully saturated rings. The second-order valence-electron chi connectivity index (χ2n) is 3.39. The summed E-state index contributed by atoms with van der Waals surface area (Å²) in [5, 5.41) is 26.9. The van der Waals surface area contributed by atoms with Crippen LogP contribution < -0.4 is 0 Å². The molecular formula is C10H9F3O4. The van der Waals surface area contributed by atoms with Gasteiger partial charge in [-0.1, -0.05) is 0 Å². The minimum Gasteiger partial charge on any atom is -0.481 e. The number of carboxylic acids is 1. The topological polar surface area (TPSA) is 77.8 Å². The van der Waals surface area contributed by atoms with Crippen LogP contribution >= 0.6 is 0 Å². The van der Waals surface area contributed by atoms with Crippen molar-refractivity contribution in [2.45, 2.75) is 18.6 Å². The van der Waals surface area contributed by atoms with E-state index in [-0.39, 0.29) is 0 Å². The van der Waals surface area contributed by atoms with Gasteiger partial charge in [0.15, 0.2) is 0 Å². The maximum Gasteiger partial charge on any atom is 0.306 e. The molecule has 0 radical (unpaired) electrons. The maximum atomic E-state index is 13.2. The van der Waals surface area contributed by atoms with Crippen molar-refractivity contribution in [3.05, 3.63) is 35.1 Å². The number of benzene rings is 1. The van der Waals surface area contributed by atoms with Gasteiger partial charge >= 0.3 is 5.97 Å². The number of carboxylic acid groups (broad SMARTS) is 1. The highest BCUT2D eigenvalue weighted by atomic mass is 19.1. The molecule has 1 rings (SSSR count). The molecule has 1 aromatic carbocycles. The number of aliphatic carboxylic acids is 1. The Morgan fingerprint density at radius 3 is 2.06 bits per heavy atom. The number of aliphatic hydroxyl groups is 2. The summed E-state index contributed by atoms with van der Waals surface area (Å²) in [6, 6.07) is 0.657. The third-order valence-corrected chi connectivity index (χ3v) is 2.09. The van der Waals surface area contributed by atoms with Gasteiger partial charge in [-0.05, 0) is 0 Å². The van der Waals surface area contributed by atoms with E-state index in [0.717, 1.165) is 0 Å². The summed E-state index contributed by atoms with van der Waals surface area (Å²) in [4.78, 5) is 10.3. The summed E-state index contributed by atoms with van der Waals surface area (Å²) in [6.45, 7) is 0. The second-order valence-corrected chi connectivity index (χ2v) is 3.39. The van der Waals surface area contributed by atoms with E-state index in [1.54, 1.807) is 0 Å². The monoisotopic (exact) mass is 250 g/mol. The van der Waals surface area contributed by atoms with Gasteiger partial charge in [0.25, 0.3) is 0 Å². The lowest BCUT2D eigenvalue weighted by Crippen LogP contribution is -2.23. The van der Waals surface area contributed by atoms with Crippen LogP contribution in [0.15, 0.2) is 12.1 Å². The number of aliphatic hydroxyl groups excluding tert-OH is 2. The molecule has 7 heteroatoms. The zero-order valence-electron chi connectivity index (χ0n) is 8.40. The molecule has 2 unspecified atom stereocenters. The fourth-order valence-electron chi connectivity index (χ4n) is 1.32. The van der Waals surface area contributed by atoms with Crippen molar-refractivity contribution in [1.82, 2.24) is 0 Å². The van der Waals surface area contributed by atoms with Gasteiger partial charge in [-0.2, -0.15) is 0 Å². The molecular weight excluding hydrogens is 241 g/mol. The summed E-state index contributed by atoms with van der Waals surface area (Å²) in [5.74, 6) is -5.40. The number of carbonyl (C=O) groups is 1. The largest absolute Gasteiger partial charge is 0.481 e. The van der Waals surface area contributed by atoms with Gasteiger partial charge in [0.1, 0.15) is 23.6 Å². The van der Waals surface area contributed by atoms with Crippen molar-refractivity contribution in [1.29, 1.82) is 0 Å². The molecule has 0 saturated heterocycles. The lowest BCUT2D eigenvalue weighted by Gasteiger charge is -2.17. The van der Waals surface area contributed by atoms with E-state index in [2.05, 4.69) is 0 Å². The second kappa shape index (κ2) is 5.15. The van der Waals surface area contributed by atoms with Crippen molar-refractivity contribution in [2.24, 2.45) is 0 Å². The summed E-state index contributed by atoms with van der Waals surface area (Å²) in [6.07, 6.45) is -4.86. The summed E-state index contributed by atoms with van der Waals surface area (Å²) in [7, 11) is 0. The normalized spacial score (nSPS) is 14.4. The molecule has 0 aliphatic carbocycles. The molecule has 17 heavy (non-hydrogen) atoms. The van der Waals surface area contributed by atoms with Gasteiger partial charge in [0, 0.05) is 12.1 Å². The third-order valence-electron chi connectivity index (χ3n) is 2.09. The first-order valence-corrected chi connectivity index (χ1v) is 4.55. The first kappa shape index (κ1) is 13.5. The molecule has 0 aliphatic rings.